The van der Waals surface area contributed by atoms with Crippen molar-refractivity contribution in [2.24, 2.45) is 0 Å². The third-order valence-electron chi connectivity index (χ3n) is 4.69. The van der Waals surface area contributed by atoms with Crippen LogP contribution >= 0.6 is 11.6 Å². The zero-order chi connectivity index (χ0) is 23.5. The number of carbonyl (C=O) groups excluding carboxylic acids is 1. The maximum Gasteiger partial charge on any atom is 0.323 e. The first-order chi connectivity index (χ1) is 15.8. The zero-order valence-electron chi connectivity index (χ0n) is 18.0. The zero-order valence-corrected chi connectivity index (χ0v) is 18.8. The Kier molecular flexibility index (Phi) is 6.18. The fourth-order valence-electron chi connectivity index (χ4n) is 3.04. The van der Waals surface area contributed by atoms with Gasteiger partial charge in [0.2, 0.25) is 5.88 Å². The molecule has 0 unspecified atom stereocenters. The van der Waals surface area contributed by atoms with Crippen LogP contribution in [-0.2, 0) is 0 Å². The average Bonchev–Trinajstić information content (AvgIpc) is 3.24. The molecule has 2 aromatic carbocycles. The van der Waals surface area contributed by atoms with E-state index in [1.807, 2.05) is 13.8 Å². The summed E-state index contributed by atoms with van der Waals surface area (Å²) >= 11 is 6.35. The Labute approximate surface area is 194 Å². The van der Waals surface area contributed by atoms with Gasteiger partial charge in [-0.25, -0.2) is 14.8 Å². The number of phenolic OH excluding ortho intramolecular Hbond substituents is 1. The highest BCUT2D eigenvalue weighted by molar-refractivity contribution is 6.34. The van der Waals surface area contributed by atoms with E-state index in [0.717, 1.165) is 0 Å². The lowest BCUT2D eigenvalue weighted by Gasteiger charge is -2.12. The molecule has 33 heavy (non-hydrogen) atoms. The van der Waals surface area contributed by atoms with Crippen LogP contribution in [0.3, 0.4) is 0 Å². The minimum absolute atomic E-state index is 0.0389. The van der Waals surface area contributed by atoms with Crippen LogP contribution in [0.25, 0.3) is 10.9 Å². The van der Waals surface area contributed by atoms with Gasteiger partial charge in [0.1, 0.15) is 12.1 Å². The number of hydrogen-bond donors (Lipinski definition) is 3. The second-order valence-corrected chi connectivity index (χ2v) is 7.75. The largest absolute Gasteiger partial charge is 0.504 e. The van der Waals surface area contributed by atoms with Gasteiger partial charge in [0.15, 0.2) is 11.5 Å². The Morgan fingerprint density at radius 1 is 1.18 bits per heavy atom. The van der Waals surface area contributed by atoms with Gasteiger partial charge in [0.25, 0.3) is 0 Å². The summed E-state index contributed by atoms with van der Waals surface area (Å²) in [7, 11) is 1.45. The Bertz CT molecular complexity index is 1320. The summed E-state index contributed by atoms with van der Waals surface area (Å²) in [4.78, 5) is 20.6. The molecule has 2 amide bonds. The molecular formula is C22H21ClN6O4. The van der Waals surface area contributed by atoms with Crippen LogP contribution in [0.4, 0.5) is 16.2 Å². The Morgan fingerprint density at radius 2 is 2.00 bits per heavy atom. The molecule has 0 fully saturated rings. The lowest BCUT2D eigenvalue weighted by Crippen LogP contribution is -2.19. The van der Waals surface area contributed by atoms with Crippen LogP contribution in [0.1, 0.15) is 19.9 Å². The summed E-state index contributed by atoms with van der Waals surface area (Å²) in [5.41, 5.74) is 1.45. The van der Waals surface area contributed by atoms with E-state index in [2.05, 4.69) is 25.7 Å². The maximum absolute atomic E-state index is 12.3. The van der Waals surface area contributed by atoms with E-state index >= 15 is 0 Å². The number of ether oxygens (including phenoxy) is 2. The quantitative estimate of drug-likeness (QED) is 0.354. The Balaban J connectivity index is 1.49. The molecule has 0 aliphatic carbocycles. The summed E-state index contributed by atoms with van der Waals surface area (Å²) in [5, 5.41) is 20.4. The number of carbonyl (C=O) groups is 1. The number of anilines is 2. The van der Waals surface area contributed by atoms with Gasteiger partial charge in [0, 0.05) is 24.4 Å². The predicted octanol–water partition coefficient (Wildman–Crippen LogP) is 5.21. The molecule has 3 N–H and O–H groups in total. The van der Waals surface area contributed by atoms with Gasteiger partial charge in [-0.2, -0.15) is 5.10 Å². The van der Waals surface area contributed by atoms with Crippen LogP contribution in [0.2, 0.25) is 5.02 Å². The summed E-state index contributed by atoms with van der Waals surface area (Å²) in [6.07, 6.45) is 4.63. The second kappa shape index (κ2) is 9.21. The molecule has 0 bridgehead atoms. The first kappa shape index (κ1) is 22.2. The third kappa shape index (κ3) is 4.90. The smallest absolute Gasteiger partial charge is 0.323 e. The number of nitrogens with one attached hydrogen (secondary N) is 2. The van der Waals surface area contributed by atoms with E-state index in [4.69, 9.17) is 21.1 Å². The van der Waals surface area contributed by atoms with E-state index < -0.39 is 6.03 Å². The Morgan fingerprint density at radius 3 is 2.70 bits per heavy atom. The lowest BCUT2D eigenvalue weighted by atomic mass is 10.2. The number of phenols is 1. The number of aromatic nitrogens is 4. The fraction of sp³-hybridized carbons (Fsp3) is 0.182. The van der Waals surface area contributed by atoms with E-state index in [-0.39, 0.29) is 28.4 Å². The van der Waals surface area contributed by atoms with E-state index in [1.165, 1.54) is 19.5 Å². The minimum Gasteiger partial charge on any atom is -0.504 e. The van der Waals surface area contributed by atoms with Crippen LogP contribution in [0.5, 0.6) is 23.1 Å². The van der Waals surface area contributed by atoms with Crippen LogP contribution < -0.4 is 20.1 Å². The molecule has 0 saturated carbocycles. The molecule has 0 spiro atoms. The number of urea groups is 1. The van der Waals surface area contributed by atoms with Crippen molar-refractivity contribution in [3.8, 4) is 23.1 Å². The maximum atomic E-state index is 12.3. The molecule has 0 radical (unpaired) electrons. The highest BCUT2D eigenvalue weighted by atomic mass is 35.5. The van der Waals surface area contributed by atoms with E-state index in [1.54, 1.807) is 41.3 Å². The van der Waals surface area contributed by atoms with Crippen molar-refractivity contribution in [2.75, 3.05) is 17.7 Å². The van der Waals surface area contributed by atoms with Crippen molar-refractivity contribution >= 4 is 39.9 Å². The predicted molar refractivity (Wildman–Crippen MR) is 125 cm³/mol. The van der Waals surface area contributed by atoms with Gasteiger partial charge < -0.3 is 25.2 Å². The first-order valence-electron chi connectivity index (χ1n) is 9.95. The van der Waals surface area contributed by atoms with Gasteiger partial charge in [0.05, 0.1) is 40.6 Å². The molecule has 0 aliphatic heterocycles. The number of rotatable bonds is 6. The number of hydrogen-bond acceptors (Lipinski definition) is 7. The summed E-state index contributed by atoms with van der Waals surface area (Å²) in [6, 6.07) is 7.59. The topological polar surface area (TPSA) is 123 Å². The number of halogens is 1. The standard InChI is InChI=1S/C22H21ClN6O4/c1-12(2)29-10-13(9-26-29)27-22(31)28-17-5-4-14(6-16(17)23)33-21-15-7-20(32-3)19(30)8-18(15)24-11-25-21/h4-12,30H,1-3H3,(H2,27,28,31). The number of aromatic hydroxyl groups is 1. The second-order valence-electron chi connectivity index (χ2n) is 7.35. The number of methoxy groups -OCH3 is 1. The highest BCUT2D eigenvalue weighted by Crippen LogP contribution is 2.36. The van der Waals surface area contributed by atoms with Gasteiger partial charge in [-0.05, 0) is 32.0 Å². The molecule has 0 saturated heterocycles. The van der Waals surface area contributed by atoms with Crippen molar-refractivity contribution in [1.29, 1.82) is 0 Å². The van der Waals surface area contributed by atoms with Crippen molar-refractivity contribution < 1.29 is 19.4 Å². The highest BCUT2D eigenvalue weighted by Gasteiger charge is 2.13. The SMILES string of the molecule is COc1cc2c(Oc3ccc(NC(=O)Nc4cnn(C(C)C)c4)c(Cl)c3)ncnc2cc1O. The van der Waals surface area contributed by atoms with Crippen molar-refractivity contribution in [3.63, 3.8) is 0 Å². The molecule has 0 atom stereocenters. The molecule has 2 aromatic heterocycles. The normalized spacial score (nSPS) is 10.9. The molecule has 2 heterocycles. The van der Waals surface area contributed by atoms with Gasteiger partial charge >= 0.3 is 6.03 Å². The lowest BCUT2D eigenvalue weighted by molar-refractivity contribution is 0.262. The third-order valence-corrected chi connectivity index (χ3v) is 5.00. The molecule has 11 heteroatoms. The van der Waals surface area contributed by atoms with Crippen LogP contribution in [-0.4, -0.2) is 38.0 Å². The monoisotopic (exact) mass is 468 g/mol. The molecule has 4 rings (SSSR count). The van der Waals surface area contributed by atoms with E-state index in [9.17, 15) is 9.90 Å². The van der Waals surface area contributed by atoms with E-state index in [0.29, 0.717) is 28.0 Å². The van der Waals surface area contributed by atoms with Crippen molar-refractivity contribution in [2.45, 2.75) is 19.9 Å². The molecule has 170 valence electrons. The number of nitrogens with zero attached hydrogens (tertiary/aromatic N) is 4. The Hall–Kier alpha value is -4.05. The first-order valence-corrected chi connectivity index (χ1v) is 10.3. The van der Waals surface area contributed by atoms with Crippen LogP contribution in [0, 0.1) is 0 Å². The molecule has 10 nitrogen and oxygen atoms in total. The number of fused-ring (bicyclic) bond motifs is 1. The molecule has 4 aromatic rings. The molecule has 0 aliphatic rings. The minimum atomic E-state index is -0.456. The van der Waals surface area contributed by atoms with Gasteiger partial charge in [-0.1, -0.05) is 11.6 Å². The fourth-order valence-corrected chi connectivity index (χ4v) is 3.25. The average molecular weight is 469 g/mol. The molecular weight excluding hydrogens is 448 g/mol. The van der Waals surface area contributed by atoms with Crippen molar-refractivity contribution in [1.82, 2.24) is 19.7 Å². The summed E-state index contributed by atoms with van der Waals surface area (Å²) in [6.45, 7) is 3.98. The number of benzene rings is 2. The summed E-state index contributed by atoms with van der Waals surface area (Å²) < 4.78 is 12.8. The van der Waals surface area contributed by atoms with Crippen molar-refractivity contribution in [3.05, 3.63) is 54.1 Å². The summed E-state index contributed by atoms with van der Waals surface area (Å²) in [5.74, 6) is 0.888. The van der Waals surface area contributed by atoms with Gasteiger partial charge in [-0.3, -0.25) is 4.68 Å². The van der Waals surface area contributed by atoms with Gasteiger partial charge in [-0.15, -0.1) is 0 Å². The van der Waals surface area contributed by atoms with Crippen LogP contribution in [0.15, 0.2) is 49.1 Å². The number of amides is 2.